The fourth-order valence-electron chi connectivity index (χ4n) is 3.23. The number of amides is 1. The highest BCUT2D eigenvalue weighted by molar-refractivity contribution is 6.04. The number of rotatable bonds is 4. The van der Waals surface area contributed by atoms with E-state index < -0.39 is 0 Å². The van der Waals surface area contributed by atoms with Gasteiger partial charge in [0, 0.05) is 5.69 Å². The first-order valence-corrected chi connectivity index (χ1v) is 9.22. The van der Waals surface area contributed by atoms with Crippen molar-refractivity contribution >= 4 is 11.6 Å². The predicted octanol–water partition coefficient (Wildman–Crippen LogP) is 3.33. The summed E-state index contributed by atoms with van der Waals surface area (Å²) in [4.78, 5) is 25.9. The molecule has 0 fully saturated rings. The maximum atomic E-state index is 12.7. The van der Waals surface area contributed by atoms with Gasteiger partial charge in [0.25, 0.3) is 5.91 Å². The summed E-state index contributed by atoms with van der Waals surface area (Å²) < 4.78 is 3.62. The van der Waals surface area contributed by atoms with Crippen molar-refractivity contribution in [1.29, 1.82) is 0 Å². The number of aromatic nitrogens is 6. The number of anilines is 1. The highest BCUT2D eigenvalue weighted by Gasteiger charge is 2.16. The number of benzene rings is 1. The molecule has 0 aliphatic carbocycles. The lowest BCUT2D eigenvalue weighted by atomic mass is 10.2. The van der Waals surface area contributed by atoms with Crippen LogP contribution in [0.5, 0.6) is 0 Å². The van der Waals surface area contributed by atoms with Crippen LogP contribution in [0, 0.1) is 27.7 Å². The third-order valence-corrected chi connectivity index (χ3v) is 4.86. The van der Waals surface area contributed by atoms with Crippen LogP contribution in [0.15, 0.2) is 48.9 Å². The van der Waals surface area contributed by atoms with Crippen molar-refractivity contribution in [3.05, 3.63) is 77.4 Å². The van der Waals surface area contributed by atoms with E-state index in [1.165, 1.54) is 0 Å². The molecule has 0 radical (unpaired) electrons. The molecular formula is C21H21N7O. The summed E-state index contributed by atoms with van der Waals surface area (Å²) in [6.07, 6.45) is 4.74. The molecule has 146 valence electrons. The second-order valence-electron chi connectivity index (χ2n) is 6.78. The lowest BCUT2D eigenvalue weighted by Gasteiger charge is -2.08. The lowest BCUT2D eigenvalue weighted by molar-refractivity contribution is 0.102. The Labute approximate surface area is 168 Å². The van der Waals surface area contributed by atoms with Gasteiger partial charge in [0.2, 0.25) is 5.95 Å². The van der Waals surface area contributed by atoms with Crippen molar-refractivity contribution in [3.63, 3.8) is 0 Å². The second-order valence-corrected chi connectivity index (χ2v) is 6.78. The fraction of sp³-hybridized carbons (Fsp3) is 0.190. The van der Waals surface area contributed by atoms with Crippen LogP contribution >= 0.6 is 0 Å². The van der Waals surface area contributed by atoms with Gasteiger partial charge in [-0.25, -0.2) is 19.6 Å². The zero-order valence-electron chi connectivity index (χ0n) is 16.7. The Kier molecular flexibility index (Phi) is 4.67. The minimum atomic E-state index is -0.258. The predicted molar refractivity (Wildman–Crippen MR) is 110 cm³/mol. The van der Waals surface area contributed by atoms with Gasteiger partial charge in [-0.05, 0) is 39.8 Å². The molecule has 29 heavy (non-hydrogen) atoms. The smallest absolute Gasteiger partial charge is 0.259 e. The maximum absolute atomic E-state index is 12.7. The van der Waals surface area contributed by atoms with E-state index in [-0.39, 0.29) is 5.91 Å². The van der Waals surface area contributed by atoms with E-state index in [1.807, 2.05) is 62.6 Å². The summed E-state index contributed by atoms with van der Waals surface area (Å²) in [5.41, 5.74) is 4.59. The molecular weight excluding hydrogens is 366 g/mol. The Morgan fingerprint density at radius 1 is 0.931 bits per heavy atom. The SMILES string of the molecule is Cc1nc(C)n(-c2ncc(NC(=O)c3cnn(-c4ccccc4)c3C)cn2)c1C. The van der Waals surface area contributed by atoms with Gasteiger partial charge in [-0.3, -0.25) is 9.36 Å². The van der Waals surface area contributed by atoms with Crippen LogP contribution in [0.3, 0.4) is 0 Å². The number of hydrogen-bond donors (Lipinski definition) is 1. The Bertz CT molecular complexity index is 1170. The molecule has 0 spiro atoms. The molecule has 8 nitrogen and oxygen atoms in total. The van der Waals surface area contributed by atoms with Crippen LogP contribution in [0.1, 0.15) is 33.3 Å². The van der Waals surface area contributed by atoms with Crippen molar-refractivity contribution < 1.29 is 4.79 Å². The summed E-state index contributed by atoms with van der Waals surface area (Å²) in [6.45, 7) is 7.70. The molecule has 3 aromatic heterocycles. The Morgan fingerprint density at radius 2 is 1.62 bits per heavy atom. The largest absolute Gasteiger partial charge is 0.319 e. The van der Waals surface area contributed by atoms with Crippen LogP contribution in [-0.4, -0.2) is 35.2 Å². The molecule has 3 heterocycles. The summed E-state index contributed by atoms with van der Waals surface area (Å²) in [6, 6.07) is 9.68. The third-order valence-electron chi connectivity index (χ3n) is 4.86. The average molecular weight is 387 g/mol. The van der Waals surface area contributed by atoms with Crippen LogP contribution < -0.4 is 5.32 Å². The molecule has 0 saturated carbocycles. The number of para-hydroxylation sites is 1. The van der Waals surface area contributed by atoms with Gasteiger partial charge in [-0.15, -0.1) is 0 Å². The number of nitrogens with zero attached hydrogens (tertiary/aromatic N) is 6. The fourth-order valence-corrected chi connectivity index (χ4v) is 3.23. The molecule has 0 bridgehead atoms. The van der Waals surface area contributed by atoms with Gasteiger partial charge in [0.15, 0.2) is 0 Å². The first-order chi connectivity index (χ1) is 14.0. The second kappa shape index (κ2) is 7.31. The van der Waals surface area contributed by atoms with Crippen molar-refractivity contribution in [1.82, 2.24) is 29.3 Å². The van der Waals surface area contributed by atoms with Crippen molar-refractivity contribution in [3.8, 4) is 11.6 Å². The van der Waals surface area contributed by atoms with Gasteiger partial charge in [0.05, 0.1) is 46.9 Å². The molecule has 1 amide bonds. The van der Waals surface area contributed by atoms with Crippen LogP contribution in [-0.2, 0) is 0 Å². The average Bonchev–Trinajstić information content (AvgIpc) is 3.22. The lowest BCUT2D eigenvalue weighted by Crippen LogP contribution is -2.14. The molecule has 1 N–H and O–H groups in total. The first kappa shape index (κ1) is 18.5. The Balaban J connectivity index is 1.54. The third kappa shape index (κ3) is 3.40. The molecule has 0 aliphatic rings. The zero-order chi connectivity index (χ0) is 20.5. The van der Waals surface area contributed by atoms with Gasteiger partial charge in [-0.2, -0.15) is 5.10 Å². The van der Waals surface area contributed by atoms with E-state index in [4.69, 9.17) is 0 Å². The highest BCUT2D eigenvalue weighted by atomic mass is 16.1. The number of imidazole rings is 1. The van der Waals surface area contributed by atoms with E-state index >= 15 is 0 Å². The molecule has 0 aliphatic heterocycles. The first-order valence-electron chi connectivity index (χ1n) is 9.22. The summed E-state index contributed by atoms with van der Waals surface area (Å²) in [5.74, 6) is 1.08. The Morgan fingerprint density at radius 3 is 2.24 bits per heavy atom. The van der Waals surface area contributed by atoms with Crippen LogP contribution in [0.4, 0.5) is 5.69 Å². The van der Waals surface area contributed by atoms with Gasteiger partial charge in [-0.1, -0.05) is 18.2 Å². The standard InChI is InChI=1S/C21H21N7O/c1-13-14(2)27(16(4)25-13)21-22-10-17(11-23-21)26-20(29)19-12-24-28(15(19)3)18-8-6-5-7-9-18/h5-12H,1-4H3,(H,26,29). The number of hydrogen-bond acceptors (Lipinski definition) is 5. The number of aryl methyl sites for hydroxylation is 2. The summed E-state index contributed by atoms with van der Waals surface area (Å²) >= 11 is 0. The maximum Gasteiger partial charge on any atom is 0.259 e. The topological polar surface area (TPSA) is 90.5 Å². The van der Waals surface area contributed by atoms with Gasteiger partial charge >= 0.3 is 0 Å². The van der Waals surface area contributed by atoms with E-state index in [2.05, 4.69) is 25.4 Å². The van der Waals surface area contributed by atoms with E-state index in [0.29, 0.717) is 17.2 Å². The van der Waals surface area contributed by atoms with E-state index in [0.717, 1.165) is 28.6 Å². The normalized spacial score (nSPS) is 10.9. The Hall–Kier alpha value is -3.81. The van der Waals surface area contributed by atoms with Crippen molar-refractivity contribution in [2.75, 3.05) is 5.32 Å². The van der Waals surface area contributed by atoms with E-state index in [1.54, 1.807) is 23.3 Å². The molecule has 4 aromatic rings. The molecule has 0 saturated heterocycles. The monoisotopic (exact) mass is 387 g/mol. The number of carbonyl (C=O) groups excluding carboxylic acids is 1. The zero-order valence-corrected chi connectivity index (χ0v) is 16.7. The number of carbonyl (C=O) groups is 1. The molecule has 0 atom stereocenters. The quantitative estimate of drug-likeness (QED) is 0.580. The summed E-state index contributed by atoms with van der Waals surface area (Å²) in [7, 11) is 0. The minimum absolute atomic E-state index is 0.258. The van der Waals surface area contributed by atoms with Gasteiger partial charge in [0.1, 0.15) is 5.82 Å². The minimum Gasteiger partial charge on any atom is -0.319 e. The highest BCUT2D eigenvalue weighted by Crippen LogP contribution is 2.17. The van der Waals surface area contributed by atoms with Crippen LogP contribution in [0.2, 0.25) is 0 Å². The molecule has 8 heteroatoms. The number of nitrogens with one attached hydrogen (secondary N) is 1. The molecule has 1 aromatic carbocycles. The van der Waals surface area contributed by atoms with Crippen molar-refractivity contribution in [2.45, 2.75) is 27.7 Å². The summed E-state index contributed by atoms with van der Waals surface area (Å²) in [5, 5.41) is 7.17. The van der Waals surface area contributed by atoms with Crippen molar-refractivity contribution in [2.24, 2.45) is 0 Å². The van der Waals surface area contributed by atoms with Gasteiger partial charge < -0.3 is 5.32 Å². The van der Waals surface area contributed by atoms with E-state index in [9.17, 15) is 4.79 Å². The van der Waals surface area contributed by atoms with Crippen LogP contribution in [0.25, 0.3) is 11.6 Å². The molecule has 0 unspecified atom stereocenters. The molecule has 4 rings (SSSR count).